The van der Waals surface area contributed by atoms with Crippen molar-refractivity contribution in [1.29, 1.82) is 0 Å². The Balaban J connectivity index is 1.68. The van der Waals surface area contributed by atoms with E-state index in [1.807, 2.05) is 0 Å². The topological polar surface area (TPSA) is 69.6 Å². The van der Waals surface area contributed by atoms with Gasteiger partial charge in [0.15, 0.2) is 0 Å². The molecule has 0 atom stereocenters. The molecule has 1 aliphatic carbocycles. The van der Waals surface area contributed by atoms with Gasteiger partial charge in [-0.25, -0.2) is 4.79 Å². The van der Waals surface area contributed by atoms with Crippen molar-refractivity contribution >= 4 is 12.0 Å². The van der Waals surface area contributed by atoms with Gasteiger partial charge in [0, 0.05) is 25.0 Å². The van der Waals surface area contributed by atoms with Crippen molar-refractivity contribution in [2.45, 2.75) is 51.0 Å². The summed E-state index contributed by atoms with van der Waals surface area (Å²) in [6, 6.07) is 0.307. The summed E-state index contributed by atoms with van der Waals surface area (Å²) < 4.78 is 0. The molecule has 5 heteroatoms. The van der Waals surface area contributed by atoms with Crippen molar-refractivity contribution in [1.82, 2.24) is 10.2 Å². The average molecular weight is 254 g/mol. The summed E-state index contributed by atoms with van der Waals surface area (Å²) in [6.07, 6.45) is 7.29. The lowest BCUT2D eigenvalue weighted by atomic mass is 9.97. The van der Waals surface area contributed by atoms with Gasteiger partial charge in [-0.2, -0.15) is 0 Å². The van der Waals surface area contributed by atoms with Crippen LogP contribution >= 0.6 is 0 Å². The van der Waals surface area contributed by atoms with Gasteiger partial charge in [0.05, 0.1) is 6.42 Å². The molecule has 2 amide bonds. The summed E-state index contributed by atoms with van der Waals surface area (Å²) in [5, 5.41) is 11.7. The van der Waals surface area contributed by atoms with Crippen LogP contribution in [0.4, 0.5) is 4.79 Å². The summed E-state index contributed by atoms with van der Waals surface area (Å²) in [5.74, 6) is -0.633. The number of nitrogens with one attached hydrogen (secondary N) is 1. The van der Waals surface area contributed by atoms with Crippen LogP contribution in [-0.2, 0) is 4.79 Å². The normalized spacial score (nSPS) is 22.1. The van der Waals surface area contributed by atoms with E-state index >= 15 is 0 Å². The van der Waals surface area contributed by atoms with E-state index in [1.54, 1.807) is 4.90 Å². The fourth-order valence-electron chi connectivity index (χ4n) is 2.80. The van der Waals surface area contributed by atoms with Gasteiger partial charge in [-0.15, -0.1) is 0 Å². The first-order chi connectivity index (χ1) is 8.65. The van der Waals surface area contributed by atoms with Crippen LogP contribution in [0.25, 0.3) is 0 Å². The number of aliphatic carboxylic acids is 1. The van der Waals surface area contributed by atoms with Crippen LogP contribution < -0.4 is 5.32 Å². The Morgan fingerprint density at radius 2 is 1.72 bits per heavy atom. The lowest BCUT2D eigenvalue weighted by molar-refractivity contribution is -0.139. The predicted molar refractivity (Wildman–Crippen MR) is 67.3 cm³/mol. The summed E-state index contributed by atoms with van der Waals surface area (Å²) >= 11 is 0. The third-order valence-electron chi connectivity index (χ3n) is 3.89. The van der Waals surface area contributed by atoms with Crippen LogP contribution in [0.5, 0.6) is 0 Å². The number of amides is 2. The molecule has 1 saturated heterocycles. The zero-order valence-electron chi connectivity index (χ0n) is 10.7. The number of carbonyl (C=O) groups excluding carboxylic acids is 1. The standard InChI is InChI=1S/C13H22N2O3/c16-12(17)7-10-8-15(9-10)13(18)14-11-5-3-1-2-4-6-11/h10-11H,1-9H2,(H,14,18)(H,16,17). The highest BCUT2D eigenvalue weighted by molar-refractivity contribution is 5.76. The maximum absolute atomic E-state index is 11.9. The van der Waals surface area contributed by atoms with Gasteiger partial charge < -0.3 is 15.3 Å². The van der Waals surface area contributed by atoms with E-state index in [-0.39, 0.29) is 18.4 Å². The molecular weight excluding hydrogens is 232 g/mol. The minimum atomic E-state index is -0.774. The zero-order chi connectivity index (χ0) is 13.0. The molecule has 0 bridgehead atoms. The molecule has 2 N–H and O–H groups in total. The number of carboxylic acids is 1. The van der Waals surface area contributed by atoms with Crippen LogP contribution in [0.15, 0.2) is 0 Å². The molecule has 102 valence electrons. The van der Waals surface area contributed by atoms with Crippen molar-refractivity contribution in [3.63, 3.8) is 0 Å². The quantitative estimate of drug-likeness (QED) is 0.755. The Morgan fingerprint density at radius 1 is 1.11 bits per heavy atom. The molecule has 2 aliphatic rings. The van der Waals surface area contributed by atoms with Gasteiger partial charge in [-0.3, -0.25) is 4.79 Å². The Hall–Kier alpha value is -1.26. The zero-order valence-corrected chi connectivity index (χ0v) is 10.7. The number of hydrogen-bond acceptors (Lipinski definition) is 2. The molecule has 0 aromatic rings. The maximum Gasteiger partial charge on any atom is 0.317 e. The van der Waals surface area contributed by atoms with E-state index in [4.69, 9.17) is 5.11 Å². The van der Waals surface area contributed by atoms with Crippen molar-refractivity contribution < 1.29 is 14.7 Å². The molecular formula is C13H22N2O3. The smallest absolute Gasteiger partial charge is 0.317 e. The molecule has 2 fully saturated rings. The van der Waals surface area contributed by atoms with E-state index in [1.165, 1.54) is 25.7 Å². The second-order valence-corrected chi connectivity index (χ2v) is 5.51. The van der Waals surface area contributed by atoms with Gasteiger partial charge in [0.1, 0.15) is 0 Å². The number of rotatable bonds is 3. The number of urea groups is 1. The van der Waals surface area contributed by atoms with Crippen LogP contribution in [0, 0.1) is 5.92 Å². The minimum absolute atomic E-state index is 0.0106. The molecule has 1 heterocycles. The van der Waals surface area contributed by atoms with Gasteiger partial charge in [0.2, 0.25) is 0 Å². The number of likely N-dealkylation sites (tertiary alicyclic amines) is 1. The first kappa shape index (κ1) is 13.2. The SMILES string of the molecule is O=C(O)CC1CN(C(=O)NC2CCCCCC2)C1. The number of hydrogen-bond donors (Lipinski definition) is 2. The van der Waals surface area contributed by atoms with Gasteiger partial charge in [0.25, 0.3) is 0 Å². The fraction of sp³-hybridized carbons (Fsp3) is 0.846. The third-order valence-corrected chi connectivity index (χ3v) is 3.89. The number of carboxylic acid groups (broad SMARTS) is 1. The minimum Gasteiger partial charge on any atom is -0.481 e. The van der Waals surface area contributed by atoms with Crippen molar-refractivity contribution in [3.05, 3.63) is 0 Å². The lowest BCUT2D eigenvalue weighted by Crippen LogP contribution is -2.55. The Morgan fingerprint density at radius 3 is 2.28 bits per heavy atom. The Kier molecular flexibility index (Phi) is 4.44. The van der Waals surface area contributed by atoms with E-state index in [2.05, 4.69) is 5.32 Å². The highest BCUT2D eigenvalue weighted by Gasteiger charge is 2.32. The summed E-state index contributed by atoms with van der Waals surface area (Å²) in [5.41, 5.74) is 0. The van der Waals surface area contributed by atoms with E-state index in [9.17, 15) is 9.59 Å². The van der Waals surface area contributed by atoms with Crippen LogP contribution in [0.3, 0.4) is 0 Å². The number of carbonyl (C=O) groups is 2. The van der Waals surface area contributed by atoms with Crippen LogP contribution in [-0.4, -0.2) is 41.1 Å². The average Bonchev–Trinajstić information content (AvgIpc) is 2.50. The molecule has 0 aromatic carbocycles. The Bertz CT molecular complexity index is 305. The second-order valence-electron chi connectivity index (χ2n) is 5.51. The largest absolute Gasteiger partial charge is 0.481 e. The van der Waals surface area contributed by atoms with Gasteiger partial charge >= 0.3 is 12.0 Å². The molecule has 1 aliphatic heterocycles. The molecule has 0 aromatic heterocycles. The lowest BCUT2D eigenvalue weighted by Gasteiger charge is -2.39. The molecule has 0 unspecified atom stereocenters. The molecule has 0 radical (unpaired) electrons. The third kappa shape index (κ3) is 3.62. The first-order valence-electron chi connectivity index (χ1n) is 6.92. The van der Waals surface area contributed by atoms with Crippen molar-refractivity contribution in [3.8, 4) is 0 Å². The molecule has 1 saturated carbocycles. The fourth-order valence-corrected chi connectivity index (χ4v) is 2.80. The number of nitrogens with zero attached hydrogens (tertiary/aromatic N) is 1. The molecule has 0 spiro atoms. The second kappa shape index (κ2) is 6.07. The van der Waals surface area contributed by atoms with Crippen LogP contribution in [0.1, 0.15) is 44.9 Å². The highest BCUT2D eigenvalue weighted by Crippen LogP contribution is 2.21. The van der Waals surface area contributed by atoms with E-state index in [0.29, 0.717) is 19.1 Å². The Labute approximate surface area is 108 Å². The van der Waals surface area contributed by atoms with Crippen LogP contribution in [0.2, 0.25) is 0 Å². The first-order valence-corrected chi connectivity index (χ1v) is 6.92. The highest BCUT2D eigenvalue weighted by atomic mass is 16.4. The summed E-state index contributed by atoms with van der Waals surface area (Å²) in [6.45, 7) is 1.18. The van der Waals surface area contributed by atoms with E-state index < -0.39 is 5.97 Å². The van der Waals surface area contributed by atoms with Gasteiger partial charge in [-0.05, 0) is 12.8 Å². The molecule has 5 nitrogen and oxygen atoms in total. The predicted octanol–water partition coefficient (Wildman–Crippen LogP) is 1.83. The summed E-state index contributed by atoms with van der Waals surface area (Å²) in [7, 11) is 0. The molecule has 2 rings (SSSR count). The van der Waals surface area contributed by atoms with Crippen molar-refractivity contribution in [2.75, 3.05) is 13.1 Å². The molecule has 18 heavy (non-hydrogen) atoms. The maximum atomic E-state index is 11.9. The monoisotopic (exact) mass is 254 g/mol. The summed E-state index contributed by atoms with van der Waals surface area (Å²) in [4.78, 5) is 24.1. The van der Waals surface area contributed by atoms with Gasteiger partial charge in [-0.1, -0.05) is 25.7 Å². The van der Waals surface area contributed by atoms with Crippen molar-refractivity contribution in [2.24, 2.45) is 5.92 Å². The van der Waals surface area contributed by atoms with E-state index in [0.717, 1.165) is 12.8 Å².